The van der Waals surface area contributed by atoms with Crippen molar-refractivity contribution in [2.75, 3.05) is 13.1 Å². The summed E-state index contributed by atoms with van der Waals surface area (Å²) >= 11 is 5.93. The van der Waals surface area contributed by atoms with E-state index in [1.54, 1.807) is 23.0 Å². The average molecular weight is 416 g/mol. The number of carbonyl (C=O) groups excluding carboxylic acids is 1. The molecule has 3 atom stereocenters. The molecule has 9 heteroatoms. The van der Waals surface area contributed by atoms with Crippen molar-refractivity contribution in [2.24, 2.45) is 5.92 Å². The van der Waals surface area contributed by atoms with Gasteiger partial charge in [-0.1, -0.05) is 18.5 Å². The fraction of sp³-hybridized carbons (Fsp3) is 0.474. The molecule has 1 unspecified atom stereocenters. The van der Waals surface area contributed by atoms with E-state index in [-0.39, 0.29) is 24.9 Å². The number of aliphatic hydroxyl groups is 1. The molecule has 1 aliphatic rings. The molecule has 0 saturated carbocycles. The van der Waals surface area contributed by atoms with Gasteiger partial charge in [-0.05, 0) is 49.6 Å². The number of nitrogens with zero attached hydrogens (tertiary/aromatic N) is 3. The highest BCUT2D eigenvalue weighted by atomic mass is 35.5. The molecule has 1 aromatic carbocycles. The number of aromatic nitrogens is 2. The van der Waals surface area contributed by atoms with Crippen molar-refractivity contribution < 1.29 is 23.1 Å². The predicted octanol–water partition coefficient (Wildman–Crippen LogP) is 3.79. The van der Waals surface area contributed by atoms with Gasteiger partial charge in [0.2, 0.25) is 5.60 Å². The summed E-state index contributed by atoms with van der Waals surface area (Å²) in [5.74, 6) is -1.40. The monoisotopic (exact) mass is 415 g/mol. The van der Waals surface area contributed by atoms with Gasteiger partial charge in [0.1, 0.15) is 0 Å². The molecule has 0 bridgehead atoms. The van der Waals surface area contributed by atoms with Gasteiger partial charge in [-0.3, -0.25) is 4.79 Å². The summed E-state index contributed by atoms with van der Waals surface area (Å²) in [4.78, 5) is 13.3. The number of alkyl halides is 3. The lowest BCUT2D eigenvalue weighted by Crippen LogP contribution is -2.58. The van der Waals surface area contributed by atoms with Gasteiger partial charge in [-0.2, -0.15) is 18.3 Å². The van der Waals surface area contributed by atoms with Crippen molar-refractivity contribution in [3.05, 3.63) is 47.2 Å². The minimum absolute atomic E-state index is 0.0121. The van der Waals surface area contributed by atoms with E-state index in [0.29, 0.717) is 18.4 Å². The third-order valence-corrected chi connectivity index (χ3v) is 5.54. The van der Waals surface area contributed by atoms with Crippen LogP contribution >= 0.6 is 11.6 Å². The first-order valence-electron chi connectivity index (χ1n) is 8.90. The summed E-state index contributed by atoms with van der Waals surface area (Å²) in [6, 6.07) is 9.06. The van der Waals surface area contributed by atoms with Gasteiger partial charge in [-0.15, -0.1) is 0 Å². The van der Waals surface area contributed by atoms with Gasteiger partial charge in [-0.25, -0.2) is 4.68 Å². The highest BCUT2D eigenvalue weighted by Gasteiger charge is 2.57. The number of hydrogen-bond acceptors (Lipinski definition) is 3. The van der Waals surface area contributed by atoms with Crippen LogP contribution in [-0.2, 0) is 4.79 Å². The number of likely N-dealkylation sites (tertiary alicyclic amines) is 1. The van der Waals surface area contributed by atoms with Gasteiger partial charge in [0.05, 0.1) is 5.69 Å². The van der Waals surface area contributed by atoms with E-state index in [9.17, 15) is 23.1 Å². The second-order valence-corrected chi connectivity index (χ2v) is 7.77. The summed E-state index contributed by atoms with van der Waals surface area (Å²) in [5, 5.41) is 14.6. The Morgan fingerprint density at radius 1 is 1.25 bits per heavy atom. The summed E-state index contributed by atoms with van der Waals surface area (Å²) < 4.78 is 40.7. The van der Waals surface area contributed by atoms with Gasteiger partial charge in [0.15, 0.2) is 0 Å². The molecule has 2 heterocycles. The summed E-state index contributed by atoms with van der Waals surface area (Å²) in [6.07, 6.45) is -2.87. The molecule has 1 aromatic heterocycles. The van der Waals surface area contributed by atoms with Crippen LogP contribution in [-0.4, -0.2) is 50.6 Å². The van der Waals surface area contributed by atoms with Crippen LogP contribution in [0.25, 0.3) is 5.69 Å². The number of amides is 1. The molecule has 28 heavy (non-hydrogen) atoms. The second-order valence-electron chi connectivity index (χ2n) is 7.34. The first kappa shape index (κ1) is 20.7. The highest BCUT2D eigenvalue weighted by Crippen LogP contribution is 2.37. The Hall–Kier alpha value is -2.06. The standard InChI is InChI=1S/C19H21ClF3N3O2/c1-12-11-25(17(27)18(2,28)19(21,22)23)10-8-15(12)16-7-9-24-26(16)14-5-3-13(20)4-6-14/h3-7,9,12,15,28H,8,10-11H2,1-2H3/t12-,15?,18-/m1/s1. The maximum Gasteiger partial charge on any atom is 0.426 e. The number of rotatable bonds is 3. The first-order chi connectivity index (χ1) is 13.0. The van der Waals surface area contributed by atoms with Gasteiger partial charge >= 0.3 is 6.18 Å². The van der Waals surface area contributed by atoms with E-state index in [2.05, 4.69) is 5.10 Å². The lowest BCUT2D eigenvalue weighted by atomic mass is 9.83. The number of carbonyl (C=O) groups is 1. The molecule has 1 N–H and O–H groups in total. The zero-order valence-electron chi connectivity index (χ0n) is 15.4. The Kier molecular flexibility index (Phi) is 5.46. The molecule has 0 spiro atoms. The summed E-state index contributed by atoms with van der Waals surface area (Å²) in [7, 11) is 0. The molecule has 0 radical (unpaired) electrons. The zero-order valence-corrected chi connectivity index (χ0v) is 16.2. The lowest BCUT2D eigenvalue weighted by molar-refractivity contribution is -0.250. The normalized spacial score (nSPS) is 22.8. The van der Waals surface area contributed by atoms with Gasteiger partial charge in [0.25, 0.3) is 5.91 Å². The Morgan fingerprint density at radius 2 is 1.89 bits per heavy atom. The molecule has 1 saturated heterocycles. The maximum atomic E-state index is 13.0. The van der Waals surface area contributed by atoms with Crippen molar-refractivity contribution in [3.8, 4) is 5.69 Å². The molecule has 2 aromatic rings. The van der Waals surface area contributed by atoms with Crippen molar-refractivity contribution in [1.29, 1.82) is 0 Å². The largest absolute Gasteiger partial charge is 0.426 e. The van der Waals surface area contributed by atoms with Crippen LogP contribution in [0.1, 0.15) is 31.9 Å². The fourth-order valence-corrected chi connectivity index (χ4v) is 3.72. The molecular formula is C19H21ClF3N3O2. The van der Waals surface area contributed by atoms with Crippen LogP contribution in [0.2, 0.25) is 5.02 Å². The molecule has 1 aliphatic heterocycles. The minimum atomic E-state index is -5.02. The lowest BCUT2D eigenvalue weighted by Gasteiger charge is -2.40. The fourth-order valence-electron chi connectivity index (χ4n) is 3.59. The van der Waals surface area contributed by atoms with E-state index < -0.39 is 17.7 Å². The minimum Gasteiger partial charge on any atom is -0.373 e. The van der Waals surface area contributed by atoms with Crippen molar-refractivity contribution in [2.45, 2.75) is 38.0 Å². The van der Waals surface area contributed by atoms with Crippen molar-refractivity contribution >= 4 is 17.5 Å². The third kappa shape index (κ3) is 3.75. The van der Waals surface area contributed by atoms with Gasteiger partial charge < -0.3 is 10.0 Å². The third-order valence-electron chi connectivity index (χ3n) is 5.28. The zero-order chi connectivity index (χ0) is 20.7. The smallest absolute Gasteiger partial charge is 0.373 e. The molecule has 3 rings (SSSR count). The van der Waals surface area contributed by atoms with Crippen LogP contribution < -0.4 is 0 Å². The molecule has 0 aliphatic carbocycles. The Balaban J connectivity index is 1.78. The van der Waals surface area contributed by atoms with E-state index in [0.717, 1.165) is 16.3 Å². The van der Waals surface area contributed by atoms with Crippen molar-refractivity contribution in [1.82, 2.24) is 14.7 Å². The number of hydrogen-bond donors (Lipinski definition) is 1. The first-order valence-corrected chi connectivity index (χ1v) is 9.28. The topological polar surface area (TPSA) is 58.4 Å². The predicted molar refractivity (Wildman–Crippen MR) is 98.4 cm³/mol. The quantitative estimate of drug-likeness (QED) is 0.829. The van der Waals surface area contributed by atoms with Crippen LogP contribution in [0.4, 0.5) is 13.2 Å². The maximum absolute atomic E-state index is 13.0. The Morgan fingerprint density at radius 3 is 2.46 bits per heavy atom. The number of benzene rings is 1. The van der Waals surface area contributed by atoms with Crippen LogP contribution in [0, 0.1) is 5.92 Å². The second kappa shape index (κ2) is 7.40. The molecule has 1 fully saturated rings. The van der Waals surface area contributed by atoms with E-state index in [4.69, 9.17) is 11.6 Å². The summed E-state index contributed by atoms with van der Waals surface area (Å²) in [5.41, 5.74) is -1.63. The van der Waals surface area contributed by atoms with Crippen molar-refractivity contribution in [3.63, 3.8) is 0 Å². The average Bonchev–Trinajstić information content (AvgIpc) is 3.10. The van der Waals surface area contributed by atoms with E-state index in [1.165, 1.54) is 0 Å². The number of piperidine rings is 1. The Bertz CT molecular complexity index is 849. The van der Waals surface area contributed by atoms with Crippen LogP contribution in [0.3, 0.4) is 0 Å². The van der Waals surface area contributed by atoms with E-state index >= 15 is 0 Å². The van der Waals surface area contributed by atoms with Crippen LogP contribution in [0.5, 0.6) is 0 Å². The molecular weight excluding hydrogens is 395 g/mol. The summed E-state index contributed by atoms with van der Waals surface area (Å²) in [6.45, 7) is 2.64. The van der Waals surface area contributed by atoms with Crippen LogP contribution in [0.15, 0.2) is 36.5 Å². The highest BCUT2D eigenvalue weighted by molar-refractivity contribution is 6.30. The molecule has 152 valence electrons. The van der Waals surface area contributed by atoms with Gasteiger partial charge in [0, 0.05) is 35.9 Å². The SMILES string of the molecule is C[C@@H]1CN(C(=O)[C@@](C)(O)C(F)(F)F)CCC1c1ccnn1-c1ccc(Cl)cc1. The molecule has 5 nitrogen and oxygen atoms in total. The Labute approximate surface area is 165 Å². The number of halogens is 4. The van der Waals surface area contributed by atoms with E-state index in [1.807, 2.05) is 25.1 Å². The molecule has 1 amide bonds.